The molecule has 64 heavy (non-hydrogen) atoms. The number of aliphatic hydroxyl groups excluding tert-OH is 2. The molecule has 0 saturated carbocycles. The van der Waals surface area contributed by atoms with Crippen molar-refractivity contribution in [1.82, 2.24) is 10.2 Å². The van der Waals surface area contributed by atoms with E-state index < -0.39 is 112 Å². The molecular formula is C48H64N2O14. The van der Waals surface area contributed by atoms with Gasteiger partial charge in [0.05, 0.1) is 58.9 Å². The van der Waals surface area contributed by atoms with Crippen LogP contribution in [0.1, 0.15) is 120 Å². The molecule has 16 heteroatoms. The van der Waals surface area contributed by atoms with Crippen molar-refractivity contribution in [1.29, 1.82) is 0 Å². The van der Waals surface area contributed by atoms with Crippen molar-refractivity contribution in [3.05, 3.63) is 69.8 Å². The molecule has 6 rings (SSSR count). The zero-order chi connectivity index (χ0) is 47.9. The molecule has 5 bridgehead atoms. The van der Waals surface area contributed by atoms with Crippen LogP contribution in [0.5, 0.6) is 11.5 Å². The molecule has 0 spiro atoms. The second-order valence-electron chi connectivity index (χ2n) is 18.8. The van der Waals surface area contributed by atoms with E-state index in [0.29, 0.717) is 0 Å². The monoisotopic (exact) mass is 892 g/mol. The van der Waals surface area contributed by atoms with Crippen molar-refractivity contribution in [3.63, 3.8) is 0 Å². The number of hydrogen-bond acceptors (Lipinski definition) is 15. The summed E-state index contributed by atoms with van der Waals surface area (Å²) in [4.78, 5) is 87.0. The molecule has 4 aliphatic heterocycles. The van der Waals surface area contributed by atoms with E-state index in [0.717, 1.165) is 0 Å². The maximum atomic E-state index is 15.3. The number of esters is 2. The smallest absolute Gasteiger partial charge is 0.316 e. The van der Waals surface area contributed by atoms with Gasteiger partial charge in [-0.15, -0.1) is 0 Å². The molecule has 5 aliphatic rings. The fraction of sp³-hybridized carbons (Fsp3) is 0.583. The highest BCUT2D eigenvalue weighted by Gasteiger charge is 2.54. The van der Waals surface area contributed by atoms with E-state index in [1.807, 2.05) is 0 Å². The Morgan fingerprint density at radius 3 is 2.08 bits per heavy atom. The second kappa shape index (κ2) is 19.1. The van der Waals surface area contributed by atoms with Gasteiger partial charge < -0.3 is 48.9 Å². The number of ketones is 3. The lowest BCUT2D eigenvalue weighted by atomic mass is 9.78. The lowest BCUT2D eigenvalue weighted by Gasteiger charge is -2.39. The van der Waals surface area contributed by atoms with Crippen LogP contribution in [0.15, 0.2) is 47.5 Å². The fourth-order valence-electron chi connectivity index (χ4n) is 8.70. The highest BCUT2D eigenvalue weighted by Crippen LogP contribution is 2.50. The van der Waals surface area contributed by atoms with Gasteiger partial charge in [0.15, 0.2) is 0 Å². The summed E-state index contributed by atoms with van der Waals surface area (Å²) in [5, 5.41) is 25.7. The molecule has 11 atom stereocenters. The average Bonchev–Trinajstić information content (AvgIpc) is 3.48. The zero-order valence-corrected chi connectivity index (χ0v) is 39.3. The molecule has 1 saturated heterocycles. The van der Waals surface area contributed by atoms with Crippen LogP contribution in [0.4, 0.5) is 0 Å². The van der Waals surface area contributed by atoms with Crippen LogP contribution in [0, 0.1) is 36.0 Å². The number of rotatable bonds is 4. The minimum atomic E-state index is -2.14. The molecule has 0 aromatic heterocycles. The van der Waals surface area contributed by atoms with Crippen LogP contribution in [-0.4, -0.2) is 113 Å². The summed E-state index contributed by atoms with van der Waals surface area (Å²) in [6, 6.07) is 0. The summed E-state index contributed by atoms with van der Waals surface area (Å²) in [6.07, 6.45) is 2.53. The number of benzene rings is 1. The number of morpholine rings is 1. The van der Waals surface area contributed by atoms with Gasteiger partial charge in [-0.3, -0.25) is 28.8 Å². The van der Waals surface area contributed by atoms with Crippen LogP contribution >= 0.6 is 0 Å². The van der Waals surface area contributed by atoms with Crippen molar-refractivity contribution >= 4 is 35.2 Å². The van der Waals surface area contributed by atoms with E-state index >= 15 is 9.59 Å². The van der Waals surface area contributed by atoms with Gasteiger partial charge in [0, 0.05) is 68.9 Å². The molecule has 2 unspecified atom stereocenters. The molecule has 16 nitrogen and oxygen atoms in total. The lowest BCUT2D eigenvalue weighted by molar-refractivity contribution is -0.160. The van der Waals surface area contributed by atoms with Gasteiger partial charge in [0.2, 0.25) is 11.6 Å². The average molecular weight is 893 g/mol. The molecule has 350 valence electrons. The number of aliphatic hydroxyl groups is 2. The normalized spacial score (nSPS) is 33.7. The van der Waals surface area contributed by atoms with E-state index in [2.05, 4.69) is 5.32 Å². The van der Waals surface area contributed by atoms with Crippen molar-refractivity contribution in [2.45, 2.75) is 132 Å². The third-order valence-corrected chi connectivity index (χ3v) is 12.5. The van der Waals surface area contributed by atoms with Crippen molar-refractivity contribution in [2.24, 2.45) is 29.1 Å². The van der Waals surface area contributed by atoms with E-state index in [4.69, 9.17) is 28.4 Å². The minimum absolute atomic E-state index is 0.0531. The van der Waals surface area contributed by atoms with Crippen LogP contribution in [0.2, 0.25) is 0 Å². The molecule has 4 heterocycles. The van der Waals surface area contributed by atoms with Crippen molar-refractivity contribution in [2.75, 3.05) is 20.2 Å². The summed E-state index contributed by atoms with van der Waals surface area (Å²) >= 11 is 0. The SMILES string of the molecule is CO[C@H]1/C=C/O[C@@]2(C)Oc3c(C)c(OC(=O)C(C)(C)C)c4c(c3C2=O)C(=O)C(N2CC(C)OC(C)C2)=C(NC(=O)/C(C)=C\C=C\[C@H](C)[C@H](O)[C@@H](C)[C@H](O)[C@H](C)[C@H](OC(C)=O)[C@@H]1C)C4=O. The molecule has 3 N–H and O–H groups in total. The predicted octanol–water partition coefficient (Wildman–Crippen LogP) is 5.31. The third kappa shape index (κ3) is 9.75. The van der Waals surface area contributed by atoms with E-state index in [9.17, 15) is 29.4 Å². The summed E-state index contributed by atoms with van der Waals surface area (Å²) in [7, 11) is 1.42. The van der Waals surface area contributed by atoms with Gasteiger partial charge >= 0.3 is 17.7 Å². The summed E-state index contributed by atoms with van der Waals surface area (Å²) in [5.74, 6) is -9.82. The van der Waals surface area contributed by atoms with Crippen LogP contribution < -0.4 is 14.8 Å². The summed E-state index contributed by atoms with van der Waals surface area (Å²) < 4.78 is 35.9. The Kier molecular flexibility index (Phi) is 14.9. The molecule has 1 aromatic rings. The van der Waals surface area contributed by atoms with Gasteiger partial charge in [0.25, 0.3) is 11.7 Å². The topological polar surface area (TPSA) is 214 Å². The summed E-state index contributed by atoms with van der Waals surface area (Å²) in [6.45, 7) is 21.2. The number of ether oxygens (including phenoxy) is 6. The highest BCUT2D eigenvalue weighted by molar-refractivity contribution is 6.32. The summed E-state index contributed by atoms with van der Waals surface area (Å²) in [5.41, 5.74) is -2.55. The van der Waals surface area contributed by atoms with Crippen LogP contribution in [0.3, 0.4) is 0 Å². The lowest BCUT2D eigenvalue weighted by Crippen LogP contribution is -2.49. The Labute approximate surface area is 375 Å². The third-order valence-electron chi connectivity index (χ3n) is 12.5. The molecule has 1 amide bonds. The van der Waals surface area contributed by atoms with Crippen LogP contribution in [-0.2, 0) is 33.3 Å². The molecule has 0 radical (unpaired) electrons. The minimum Gasteiger partial charge on any atom is -0.462 e. The molecule has 1 aromatic carbocycles. The Balaban J connectivity index is 1.77. The Hall–Kier alpha value is -5.16. The first-order chi connectivity index (χ1) is 29.7. The fourth-order valence-corrected chi connectivity index (χ4v) is 8.70. The number of hydrogen-bond donors (Lipinski definition) is 3. The van der Waals surface area contributed by atoms with E-state index in [-0.39, 0.29) is 58.2 Å². The van der Waals surface area contributed by atoms with Gasteiger partial charge in [0.1, 0.15) is 29.0 Å². The Morgan fingerprint density at radius 2 is 1.50 bits per heavy atom. The Bertz CT molecular complexity index is 2190. The van der Waals surface area contributed by atoms with Gasteiger partial charge in [-0.25, -0.2) is 0 Å². The molecule has 1 aliphatic carbocycles. The first-order valence-electron chi connectivity index (χ1n) is 21.7. The van der Waals surface area contributed by atoms with Crippen molar-refractivity contribution in [3.8, 4) is 11.5 Å². The van der Waals surface area contributed by atoms with Gasteiger partial charge in [-0.05, 0) is 54.5 Å². The highest BCUT2D eigenvalue weighted by atomic mass is 16.7. The van der Waals surface area contributed by atoms with E-state index in [1.165, 1.54) is 53.2 Å². The maximum absolute atomic E-state index is 15.3. The number of methoxy groups -OCH3 is 1. The number of fused-ring (bicyclic) bond motifs is 14. The van der Waals surface area contributed by atoms with Crippen LogP contribution in [0.25, 0.3) is 0 Å². The predicted molar refractivity (Wildman–Crippen MR) is 233 cm³/mol. The number of Topliss-reactive ketones (excluding diaryl/α,β-unsaturated/α-hetero) is 3. The first-order valence-corrected chi connectivity index (χ1v) is 21.7. The number of nitrogens with zero attached hydrogens (tertiary/aromatic N) is 1. The zero-order valence-electron chi connectivity index (χ0n) is 39.3. The molecular weight excluding hydrogens is 829 g/mol. The number of nitrogens with one attached hydrogen (secondary N) is 1. The number of allylic oxidation sites excluding steroid dienone is 4. The molecule has 1 fully saturated rings. The van der Waals surface area contributed by atoms with E-state index in [1.54, 1.807) is 79.4 Å². The quantitative estimate of drug-likeness (QED) is 0.258. The van der Waals surface area contributed by atoms with Gasteiger partial charge in [-0.1, -0.05) is 45.9 Å². The van der Waals surface area contributed by atoms with Crippen molar-refractivity contribution < 1.29 is 67.4 Å². The standard InChI is InChI=1S/C48H64N2O14/c1-22-16-15-17-23(2)45(57)49-35-36(50-20-24(3)61-25(4)21-50)40(55)32-33(39(35)54)42(63-46(58)47(10,11)12)29(8)43-34(32)44(56)48(13,64-43)60-19-18-31(59-14)26(5)41(62-30(9)51)28(7)38(53)27(6)37(22)52/h15-19,22,24-28,31,37-38,41,52-53H,20-21H2,1-14H3,(H,49,57)/b16-15+,19-18+,23-17-/t22-,24?,25?,26+,27+,28-,31-,37-,38-,41+,48-/m0/s1. The number of amides is 1. The number of carbonyl (C=O) groups excluding carboxylic acids is 6. The number of carbonyl (C=O) groups is 6. The largest absolute Gasteiger partial charge is 0.462 e. The first kappa shape index (κ1) is 49.8. The second-order valence-corrected chi connectivity index (χ2v) is 18.8. The van der Waals surface area contributed by atoms with Gasteiger partial charge in [-0.2, -0.15) is 0 Å². The maximum Gasteiger partial charge on any atom is 0.316 e. The Morgan fingerprint density at radius 1 is 0.875 bits per heavy atom.